The summed E-state index contributed by atoms with van der Waals surface area (Å²) in [6, 6.07) is 9.96. The molecule has 0 unspecified atom stereocenters. The fourth-order valence-electron chi connectivity index (χ4n) is 1.72. The summed E-state index contributed by atoms with van der Waals surface area (Å²) in [5.74, 6) is 0. The van der Waals surface area contributed by atoms with E-state index in [0.29, 0.717) is 0 Å². The van der Waals surface area contributed by atoms with Gasteiger partial charge in [-0.15, -0.1) is 11.3 Å². The van der Waals surface area contributed by atoms with Crippen molar-refractivity contribution in [2.24, 2.45) is 0 Å². The van der Waals surface area contributed by atoms with E-state index in [-0.39, 0.29) is 0 Å². The van der Waals surface area contributed by atoms with Crippen molar-refractivity contribution in [1.29, 1.82) is 5.26 Å². The van der Waals surface area contributed by atoms with E-state index in [0.717, 1.165) is 26.4 Å². The van der Waals surface area contributed by atoms with Crippen molar-refractivity contribution in [3.8, 4) is 16.5 Å². The van der Waals surface area contributed by atoms with Crippen LogP contribution in [-0.2, 0) is 0 Å². The zero-order valence-electron chi connectivity index (χ0n) is 8.27. The quantitative estimate of drug-likeness (QED) is 0.691. The first-order chi connectivity index (χ1) is 7.88. The third kappa shape index (κ3) is 1.30. The summed E-state index contributed by atoms with van der Waals surface area (Å²) < 4.78 is 0. The number of rotatable bonds is 1. The molecular weight excluding hydrogens is 218 g/mol. The predicted octanol–water partition coefficient (Wildman–Crippen LogP) is 3.16. The number of nitrogens with one attached hydrogen (secondary N) is 1. The largest absolute Gasteiger partial charge is 0.346 e. The molecule has 0 aromatic carbocycles. The minimum atomic E-state index is 0.732. The smallest absolute Gasteiger partial charge is 0.137 e. The summed E-state index contributed by atoms with van der Waals surface area (Å²) in [4.78, 5) is 9.15. The Balaban J connectivity index is 2.26. The van der Waals surface area contributed by atoms with Gasteiger partial charge < -0.3 is 4.98 Å². The van der Waals surface area contributed by atoms with Crippen LogP contribution in [0.2, 0.25) is 0 Å². The minimum Gasteiger partial charge on any atom is -0.346 e. The number of hydrogen-bond donors (Lipinski definition) is 1. The number of H-pyrrole nitrogens is 1. The number of aromatic nitrogens is 2. The fraction of sp³-hybridized carbons (Fsp3) is 0. The highest BCUT2D eigenvalue weighted by molar-refractivity contribution is 7.16. The van der Waals surface area contributed by atoms with Crippen LogP contribution in [0.5, 0.6) is 0 Å². The number of hydrogen-bond acceptors (Lipinski definition) is 3. The molecule has 3 nitrogen and oxygen atoms in total. The van der Waals surface area contributed by atoms with Gasteiger partial charge >= 0.3 is 0 Å². The van der Waals surface area contributed by atoms with Gasteiger partial charge in [0.05, 0.1) is 0 Å². The second-order valence-electron chi connectivity index (χ2n) is 3.37. The van der Waals surface area contributed by atoms with Gasteiger partial charge in [-0.1, -0.05) is 0 Å². The van der Waals surface area contributed by atoms with E-state index in [1.165, 1.54) is 11.3 Å². The van der Waals surface area contributed by atoms with Gasteiger partial charge in [0.2, 0.25) is 0 Å². The molecule has 0 aliphatic carbocycles. The molecule has 76 valence electrons. The zero-order valence-corrected chi connectivity index (χ0v) is 9.08. The number of aromatic amines is 1. The van der Waals surface area contributed by atoms with Crippen LogP contribution in [0.1, 0.15) is 4.88 Å². The monoisotopic (exact) mass is 225 g/mol. The second kappa shape index (κ2) is 3.47. The van der Waals surface area contributed by atoms with Gasteiger partial charge in [-0.05, 0) is 24.3 Å². The highest BCUT2D eigenvalue weighted by Gasteiger charge is 2.07. The highest BCUT2D eigenvalue weighted by atomic mass is 32.1. The molecule has 3 rings (SSSR count). The lowest BCUT2D eigenvalue weighted by Gasteiger charge is -1.98. The zero-order chi connectivity index (χ0) is 11.0. The third-order valence-electron chi connectivity index (χ3n) is 2.44. The van der Waals surface area contributed by atoms with Crippen molar-refractivity contribution in [2.45, 2.75) is 0 Å². The van der Waals surface area contributed by atoms with Crippen LogP contribution < -0.4 is 0 Å². The highest BCUT2D eigenvalue weighted by Crippen LogP contribution is 2.32. The first-order valence-electron chi connectivity index (χ1n) is 4.81. The maximum atomic E-state index is 8.81. The van der Waals surface area contributed by atoms with Gasteiger partial charge in [-0.25, -0.2) is 4.98 Å². The molecule has 4 heteroatoms. The molecule has 16 heavy (non-hydrogen) atoms. The van der Waals surface area contributed by atoms with E-state index in [1.54, 1.807) is 6.20 Å². The van der Waals surface area contributed by atoms with Crippen molar-refractivity contribution >= 4 is 22.4 Å². The molecule has 0 saturated carbocycles. The Morgan fingerprint density at radius 3 is 3.00 bits per heavy atom. The molecule has 0 spiro atoms. The van der Waals surface area contributed by atoms with E-state index in [4.69, 9.17) is 5.26 Å². The molecule has 1 N–H and O–H groups in total. The van der Waals surface area contributed by atoms with Crippen LogP contribution in [0.15, 0.2) is 36.7 Å². The Morgan fingerprint density at radius 2 is 2.19 bits per heavy atom. The van der Waals surface area contributed by atoms with Gasteiger partial charge in [0, 0.05) is 28.2 Å². The third-order valence-corrected chi connectivity index (χ3v) is 3.47. The van der Waals surface area contributed by atoms with Crippen molar-refractivity contribution in [1.82, 2.24) is 9.97 Å². The molecule has 0 atom stereocenters. The van der Waals surface area contributed by atoms with Gasteiger partial charge in [0.1, 0.15) is 16.6 Å². The first-order valence-corrected chi connectivity index (χ1v) is 5.62. The Hall–Kier alpha value is -2.12. The summed E-state index contributed by atoms with van der Waals surface area (Å²) in [6.45, 7) is 0. The maximum Gasteiger partial charge on any atom is 0.137 e. The van der Waals surface area contributed by atoms with E-state index >= 15 is 0 Å². The summed E-state index contributed by atoms with van der Waals surface area (Å²) in [7, 11) is 0. The summed E-state index contributed by atoms with van der Waals surface area (Å²) in [6.07, 6.45) is 3.65. The van der Waals surface area contributed by atoms with E-state index in [9.17, 15) is 0 Å². The van der Waals surface area contributed by atoms with E-state index in [1.807, 2.05) is 30.5 Å². The number of nitrogens with zero attached hydrogens (tertiary/aromatic N) is 2. The first kappa shape index (κ1) is 9.13. The summed E-state index contributed by atoms with van der Waals surface area (Å²) in [5.41, 5.74) is 2.00. The molecule has 3 aromatic rings. The molecule has 0 bridgehead atoms. The Bertz CT molecular complexity index is 687. The Morgan fingerprint density at radius 1 is 1.25 bits per heavy atom. The van der Waals surface area contributed by atoms with Crippen molar-refractivity contribution in [3.63, 3.8) is 0 Å². The fourth-order valence-corrected chi connectivity index (χ4v) is 2.56. The molecule has 0 aliphatic rings. The standard InChI is InChI=1S/C12H7N3S/c13-7-8-1-2-11(16-8)9-3-5-14-12-10(9)4-6-15-12/h1-6H,(H,14,15). The SMILES string of the molecule is N#Cc1ccc(-c2ccnc3[nH]ccc23)s1. The molecule has 0 saturated heterocycles. The lowest BCUT2D eigenvalue weighted by atomic mass is 10.1. The van der Waals surface area contributed by atoms with Crippen LogP contribution in [0.25, 0.3) is 21.5 Å². The summed E-state index contributed by atoms with van der Waals surface area (Å²) in [5, 5.41) is 9.90. The van der Waals surface area contributed by atoms with E-state index in [2.05, 4.69) is 16.0 Å². The maximum absolute atomic E-state index is 8.81. The van der Waals surface area contributed by atoms with Crippen molar-refractivity contribution < 1.29 is 0 Å². The Labute approximate surface area is 96.0 Å². The second-order valence-corrected chi connectivity index (χ2v) is 4.46. The number of fused-ring (bicyclic) bond motifs is 1. The molecule has 0 radical (unpaired) electrons. The predicted molar refractivity (Wildman–Crippen MR) is 64.1 cm³/mol. The van der Waals surface area contributed by atoms with Crippen LogP contribution >= 0.6 is 11.3 Å². The van der Waals surface area contributed by atoms with E-state index < -0.39 is 0 Å². The average Bonchev–Trinajstić information content (AvgIpc) is 2.97. The minimum absolute atomic E-state index is 0.732. The van der Waals surface area contributed by atoms with Gasteiger partial charge in [-0.2, -0.15) is 5.26 Å². The van der Waals surface area contributed by atoms with Gasteiger partial charge in [0.25, 0.3) is 0 Å². The molecule has 0 fully saturated rings. The van der Waals surface area contributed by atoms with Crippen LogP contribution in [0, 0.1) is 11.3 Å². The van der Waals surface area contributed by atoms with Crippen LogP contribution in [0.4, 0.5) is 0 Å². The van der Waals surface area contributed by atoms with Crippen LogP contribution in [0.3, 0.4) is 0 Å². The van der Waals surface area contributed by atoms with Crippen LogP contribution in [-0.4, -0.2) is 9.97 Å². The molecule has 0 amide bonds. The number of thiophene rings is 1. The normalized spacial score (nSPS) is 10.4. The van der Waals surface area contributed by atoms with Crippen molar-refractivity contribution in [3.05, 3.63) is 41.5 Å². The lowest BCUT2D eigenvalue weighted by molar-refractivity contribution is 1.33. The van der Waals surface area contributed by atoms with Crippen molar-refractivity contribution in [2.75, 3.05) is 0 Å². The van der Waals surface area contributed by atoms with Gasteiger partial charge in [0.15, 0.2) is 0 Å². The topological polar surface area (TPSA) is 52.5 Å². The number of nitriles is 1. The van der Waals surface area contributed by atoms with Gasteiger partial charge in [-0.3, -0.25) is 0 Å². The molecule has 0 aliphatic heterocycles. The average molecular weight is 225 g/mol. The molecular formula is C12H7N3S. The lowest BCUT2D eigenvalue weighted by Crippen LogP contribution is -1.78. The molecule has 3 heterocycles. The molecule has 3 aromatic heterocycles. The summed E-state index contributed by atoms with van der Waals surface area (Å²) >= 11 is 1.50. The number of pyridine rings is 1. The Kier molecular flexibility index (Phi) is 1.98.